The zero-order valence-corrected chi connectivity index (χ0v) is 12.8. The number of pyridine rings is 1. The average Bonchev–Trinajstić information content (AvgIpc) is 2.90. The van der Waals surface area contributed by atoms with Crippen molar-refractivity contribution in [3.05, 3.63) is 23.0 Å². The normalized spacial score (nSPS) is 26.6. The Kier molecular flexibility index (Phi) is 3.94. The molecule has 0 radical (unpaired) electrons. The highest BCUT2D eigenvalue weighted by Gasteiger charge is 2.32. The third-order valence-corrected chi connectivity index (χ3v) is 4.91. The summed E-state index contributed by atoms with van der Waals surface area (Å²) in [6.45, 7) is 9.93. The van der Waals surface area contributed by atoms with Crippen molar-refractivity contribution in [1.29, 1.82) is 0 Å². The molecule has 1 aromatic heterocycles. The van der Waals surface area contributed by atoms with Crippen molar-refractivity contribution >= 4 is 0 Å². The standard InChI is InChI=1S/C16H25N3O/c1-11-6-18-15(12(2)16(11)20-3)10-19-5-4-13-7-17-8-14(13)9-19/h6,13-14,17H,4-5,7-10H2,1-3H3. The largest absolute Gasteiger partial charge is 0.496 e. The Morgan fingerprint density at radius 2 is 2.15 bits per heavy atom. The van der Waals surface area contributed by atoms with Gasteiger partial charge in [-0.1, -0.05) is 0 Å². The molecule has 0 amide bonds. The Labute approximate surface area is 121 Å². The van der Waals surface area contributed by atoms with E-state index in [1.165, 1.54) is 38.2 Å². The van der Waals surface area contributed by atoms with Crippen LogP contribution < -0.4 is 10.1 Å². The van der Waals surface area contributed by atoms with Gasteiger partial charge in [-0.15, -0.1) is 0 Å². The van der Waals surface area contributed by atoms with Gasteiger partial charge in [-0.3, -0.25) is 9.88 Å². The number of methoxy groups -OCH3 is 1. The Bertz CT molecular complexity index is 489. The van der Waals surface area contributed by atoms with Crippen LogP contribution in [0.25, 0.3) is 0 Å². The number of rotatable bonds is 3. The Hall–Kier alpha value is -1.13. The number of nitrogens with zero attached hydrogens (tertiary/aromatic N) is 2. The van der Waals surface area contributed by atoms with Crippen LogP contribution in [0.3, 0.4) is 0 Å². The summed E-state index contributed by atoms with van der Waals surface area (Å²) in [5.41, 5.74) is 3.48. The smallest absolute Gasteiger partial charge is 0.128 e. The van der Waals surface area contributed by atoms with Gasteiger partial charge in [-0.2, -0.15) is 0 Å². The van der Waals surface area contributed by atoms with Crippen LogP contribution in [0.4, 0.5) is 0 Å². The molecule has 2 fully saturated rings. The first-order valence-electron chi connectivity index (χ1n) is 7.61. The number of likely N-dealkylation sites (tertiary alicyclic amines) is 1. The number of ether oxygens (including phenoxy) is 1. The molecule has 0 aliphatic carbocycles. The molecule has 3 heterocycles. The van der Waals surface area contributed by atoms with Crippen molar-refractivity contribution in [2.75, 3.05) is 33.3 Å². The first kappa shape index (κ1) is 13.8. The van der Waals surface area contributed by atoms with Gasteiger partial charge in [0.05, 0.1) is 12.8 Å². The number of nitrogens with one attached hydrogen (secondary N) is 1. The molecule has 2 aliphatic heterocycles. The van der Waals surface area contributed by atoms with Crippen LogP contribution in [0, 0.1) is 25.7 Å². The van der Waals surface area contributed by atoms with Gasteiger partial charge in [0.2, 0.25) is 0 Å². The topological polar surface area (TPSA) is 37.4 Å². The maximum atomic E-state index is 5.51. The molecule has 2 saturated heterocycles. The van der Waals surface area contributed by atoms with Crippen LogP contribution in [-0.4, -0.2) is 43.2 Å². The molecule has 110 valence electrons. The second kappa shape index (κ2) is 5.70. The fourth-order valence-corrected chi connectivity index (χ4v) is 3.70. The third-order valence-electron chi connectivity index (χ3n) is 4.91. The van der Waals surface area contributed by atoms with Gasteiger partial charge in [0.15, 0.2) is 0 Å². The molecule has 1 aromatic rings. The van der Waals surface area contributed by atoms with E-state index in [1.54, 1.807) is 7.11 Å². The molecule has 4 nitrogen and oxygen atoms in total. The molecular weight excluding hydrogens is 250 g/mol. The number of aryl methyl sites for hydroxylation is 1. The van der Waals surface area contributed by atoms with E-state index in [1.807, 2.05) is 6.20 Å². The van der Waals surface area contributed by atoms with E-state index >= 15 is 0 Å². The quantitative estimate of drug-likeness (QED) is 0.912. The van der Waals surface area contributed by atoms with E-state index in [0.29, 0.717) is 0 Å². The minimum Gasteiger partial charge on any atom is -0.496 e. The molecule has 0 spiro atoms. The first-order chi connectivity index (χ1) is 9.69. The Morgan fingerprint density at radius 1 is 1.35 bits per heavy atom. The molecule has 0 bridgehead atoms. The summed E-state index contributed by atoms with van der Waals surface area (Å²) in [7, 11) is 1.74. The summed E-state index contributed by atoms with van der Waals surface area (Å²) < 4.78 is 5.51. The van der Waals surface area contributed by atoms with Crippen LogP contribution in [0.15, 0.2) is 6.20 Å². The lowest BCUT2D eigenvalue weighted by atomic mass is 9.88. The van der Waals surface area contributed by atoms with Crippen LogP contribution in [-0.2, 0) is 6.54 Å². The van der Waals surface area contributed by atoms with Gasteiger partial charge < -0.3 is 10.1 Å². The molecule has 2 unspecified atom stereocenters. The SMILES string of the molecule is COc1c(C)cnc(CN2CCC3CNCC3C2)c1C. The lowest BCUT2D eigenvalue weighted by Gasteiger charge is -2.34. The maximum Gasteiger partial charge on any atom is 0.128 e. The number of piperidine rings is 1. The summed E-state index contributed by atoms with van der Waals surface area (Å²) in [6, 6.07) is 0. The highest BCUT2D eigenvalue weighted by molar-refractivity contribution is 5.41. The summed E-state index contributed by atoms with van der Waals surface area (Å²) >= 11 is 0. The number of hydrogen-bond acceptors (Lipinski definition) is 4. The van der Waals surface area contributed by atoms with E-state index < -0.39 is 0 Å². The zero-order chi connectivity index (χ0) is 14.1. The highest BCUT2D eigenvalue weighted by atomic mass is 16.5. The van der Waals surface area contributed by atoms with Crippen molar-refractivity contribution in [2.24, 2.45) is 11.8 Å². The molecule has 0 aromatic carbocycles. The predicted molar refractivity (Wildman–Crippen MR) is 80.0 cm³/mol. The summed E-state index contributed by atoms with van der Waals surface area (Å²) in [5.74, 6) is 2.72. The van der Waals surface area contributed by atoms with E-state index in [4.69, 9.17) is 4.74 Å². The highest BCUT2D eigenvalue weighted by Crippen LogP contribution is 2.29. The monoisotopic (exact) mass is 275 g/mol. The number of hydrogen-bond donors (Lipinski definition) is 1. The Balaban J connectivity index is 1.72. The summed E-state index contributed by atoms with van der Waals surface area (Å²) in [6.07, 6.45) is 3.25. The van der Waals surface area contributed by atoms with E-state index in [9.17, 15) is 0 Å². The van der Waals surface area contributed by atoms with Crippen molar-refractivity contribution in [3.8, 4) is 5.75 Å². The molecule has 0 saturated carbocycles. The minimum absolute atomic E-state index is 0.830. The fourth-order valence-electron chi connectivity index (χ4n) is 3.70. The average molecular weight is 275 g/mol. The van der Waals surface area contributed by atoms with Crippen molar-refractivity contribution < 1.29 is 4.74 Å². The minimum atomic E-state index is 0.830. The summed E-state index contributed by atoms with van der Waals surface area (Å²) in [5, 5.41) is 3.52. The van der Waals surface area contributed by atoms with Crippen molar-refractivity contribution in [1.82, 2.24) is 15.2 Å². The van der Waals surface area contributed by atoms with Crippen molar-refractivity contribution in [2.45, 2.75) is 26.8 Å². The van der Waals surface area contributed by atoms with E-state index in [-0.39, 0.29) is 0 Å². The van der Waals surface area contributed by atoms with Crippen LogP contribution in [0.1, 0.15) is 23.2 Å². The molecule has 2 aliphatic rings. The lowest BCUT2D eigenvalue weighted by Crippen LogP contribution is -2.39. The van der Waals surface area contributed by atoms with Crippen LogP contribution in [0.5, 0.6) is 5.75 Å². The van der Waals surface area contributed by atoms with Crippen LogP contribution >= 0.6 is 0 Å². The van der Waals surface area contributed by atoms with Gasteiger partial charge in [-0.25, -0.2) is 0 Å². The zero-order valence-electron chi connectivity index (χ0n) is 12.8. The van der Waals surface area contributed by atoms with E-state index in [2.05, 4.69) is 29.0 Å². The summed E-state index contributed by atoms with van der Waals surface area (Å²) in [4.78, 5) is 7.18. The van der Waals surface area contributed by atoms with Gasteiger partial charge in [0.1, 0.15) is 5.75 Å². The van der Waals surface area contributed by atoms with Gasteiger partial charge >= 0.3 is 0 Å². The Morgan fingerprint density at radius 3 is 2.95 bits per heavy atom. The molecule has 3 rings (SSSR count). The molecular formula is C16H25N3O. The lowest BCUT2D eigenvalue weighted by molar-refractivity contribution is 0.140. The second-order valence-electron chi connectivity index (χ2n) is 6.25. The molecule has 4 heteroatoms. The third kappa shape index (κ3) is 2.54. The second-order valence-corrected chi connectivity index (χ2v) is 6.25. The molecule has 2 atom stereocenters. The van der Waals surface area contributed by atoms with Crippen molar-refractivity contribution in [3.63, 3.8) is 0 Å². The van der Waals surface area contributed by atoms with Crippen LogP contribution in [0.2, 0.25) is 0 Å². The number of fused-ring (bicyclic) bond motifs is 1. The first-order valence-corrected chi connectivity index (χ1v) is 7.61. The van der Waals surface area contributed by atoms with Gasteiger partial charge in [-0.05, 0) is 51.7 Å². The van der Waals surface area contributed by atoms with E-state index in [0.717, 1.165) is 35.4 Å². The predicted octanol–water partition coefficient (Wildman–Crippen LogP) is 1.75. The molecule has 1 N–H and O–H groups in total. The molecule has 20 heavy (non-hydrogen) atoms. The fraction of sp³-hybridized carbons (Fsp3) is 0.688. The van der Waals surface area contributed by atoms with Gasteiger partial charge in [0, 0.05) is 30.4 Å². The van der Waals surface area contributed by atoms with Gasteiger partial charge in [0.25, 0.3) is 0 Å². The number of aromatic nitrogens is 1. The maximum absolute atomic E-state index is 5.51.